The maximum absolute atomic E-state index is 9.53. The summed E-state index contributed by atoms with van der Waals surface area (Å²) in [7, 11) is 1.46. The molecule has 0 radical (unpaired) electrons. The fourth-order valence-corrected chi connectivity index (χ4v) is 1.49. The van der Waals surface area contributed by atoms with E-state index in [1.165, 1.54) is 7.11 Å². The van der Waals surface area contributed by atoms with Gasteiger partial charge in [-0.15, -0.1) is 0 Å². The average Bonchev–Trinajstić information content (AvgIpc) is 2.15. The molecule has 0 aromatic heterocycles. The highest BCUT2D eigenvalue weighted by Gasteiger charge is 2.41. The van der Waals surface area contributed by atoms with Gasteiger partial charge in [-0.05, 0) is 0 Å². The van der Waals surface area contributed by atoms with Gasteiger partial charge < -0.3 is 24.8 Å². The van der Waals surface area contributed by atoms with Gasteiger partial charge in [0.2, 0.25) is 0 Å². The zero-order valence-electron chi connectivity index (χ0n) is 7.75. The standard InChI is InChI=1S/C8H16O5/c1-4-6(10)7(11)5(3-9)13-8(4)12-2/h4-11H,3H2,1-2H3/t4?,5-,6?,7?,8?/m1/s1. The summed E-state index contributed by atoms with van der Waals surface area (Å²) in [6, 6.07) is 0. The summed E-state index contributed by atoms with van der Waals surface area (Å²) in [6.07, 6.45) is -3.31. The van der Waals surface area contributed by atoms with E-state index in [1.807, 2.05) is 0 Å². The zero-order chi connectivity index (χ0) is 10.0. The van der Waals surface area contributed by atoms with Crippen LogP contribution in [0.3, 0.4) is 0 Å². The van der Waals surface area contributed by atoms with E-state index in [0.717, 1.165) is 0 Å². The first-order valence-electron chi connectivity index (χ1n) is 4.27. The predicted molar refractivity (Wildman–Crippen MR) is 43.9 cm³/mol. The number of hydrogen-bond donors (Lipinski definition) is 3. The number of rotatable bonds is 2. The average molecular weight is 192 g/mol. The molecule has 1 fully saturated rings. The van der Waals surface area contributed by atoms with E-state index in [2.05, 4.69) is 0 Å². The first kappa shape index (κ1) is 10.9. The maximum Gasteiger partial charge on any atom is 0.162 e. The Morgan fingerprint density at radius 2 is 1.92 bits per heavy atom. The van der Waals surface area contributed by atoms with Crippen LogP contribution >= 0.6 is 0 Å². The topological polar surface area (TPSA) is 79.2 Å². The molecule has 1 heterocycles. The Morgan fingerprint density at radius 1 is 1.31 bits per heavy atom. The van der Waals surface area contributed by atoms with Gasteiger partial charge in [0, 0.05) is 13.0 Å². The molecule has 0 bridgehead atoms. The smallest absolute Gasteiger partial charge is 0.162 e. The van der Waals surface area contributed by atoms with Crippen LogP contribution in [-0.2, 0) is 9.47 Å². The minimum absolute atomic E-state index is 0.303. The summed E-state index contributed by atoms with van der Waals surface area (Å²) in [5, 5.41) is 27.8. The van der Waals surface area contributed by atoms with Crippen LogP contribution in [0.1, 0.15) is 6.92 Å². The van der Waals surface area contributed by atoms with Gasteiger partial charge in [0.05, 0.1) is 12.7 Å². The molecule has 1 aliphatic heterocycles. The second-order valence-electron chi connectivity index (χ2n) is 3.30. The van der Waals surface area contributed by atoms with Crippen molar-refractivity contribution in [1.82, 2.24) is 0 Å². The van der Waals surface area contributed by atoms with Crippen molar-refractivity contribution in [3.63, 3.8) is 0 Å². The van der Waals surface area contributed by atoms with E-state index in [0.29, 0.717) is 0 Å². The monoisotopic (exact) mass is 192 g/mol. The molecular weight excluding hydrogens is 176 g/mol. The predicted octanol–water partition coefficient (Wildman–Crippen LogP) is -1.29. The third-order valence-electron chi connectivity index (χ3n) is 2.42. The Hall–Kier alpha value is -0.200. The lowest BCUT2D eigenvalue weighted by atomic mass is 9.93. The minimum atomic E-state index is -1.05. The van der Waals surface area contributed by atoms with E-state index in [1.54, 1.807) is 6.92 Å². The normalized spacial score (nSPS) is 46.4. The number of aliphatic hydroxyl groups excluding tert-OH is 3. The summed E-state index contributed by atoms with van der Waals surface area (Å²) < 4.78 is 10.1. The summed E-state index contributed by atoms with van der Waals surface area (Å²) in [6.45, 7) is 1.39. The number of hydrogen-bond acceptors (Lipinski definition) is 5. The number of methoxy groups -OCH3 is 1. The molecule has 0 amide bonds. The highest BCUT2D eigenvalue weighted by atomic mass is 16.7. The lowest BCUT2D eigenvalue weighted by molar-refractivity contribution is -0.274. The minimum Gasteiger partial charge on any atom is -0.394 e. The van der Waals surface area contributed by atoms with Crippen molar-refractivity contribution in [2.45, 2.75) is 31.5 Å². The SMILES string of the molecule is COC1O[C@H](CO)C(O)C(O)C1C. The van der Waals surface area contributed by atoms with Gasteiger partial charge >= 0.3 is 0 Å². The molecule has 0 spiro atoms. The molecule has 5 heteroatoms. The van der Waals surface area contributed by atoms with Crippen molar-refractivity contribution >= 4 is 0 Å². The molecule has 5 atom stereocenters. The lowest BCUT2D eigenvalue weighted by Gasteiger charge is -2.40. The fraction of sp³-hybridized carbons (Fsp3) is 1.00. The van der Waals surface area contributed by atoms with Crippen LogP contribution in [0.25, 0.3) is 0 Å². The van der Waals surface area contributed by atoms with E-state index >= 15 is 0 Å². The zero-order valence-corrected chi connectivity index (χ0v) is 7.75. The lowest BCUT2D eigenvalue weighted by Crippen LogP contribution is -2.55. The van der Waals surface area contributed by atoms with Gasteiger partial charge in [-0.2, -0.15) is 0 Å². The van der Waals surface area contributed by atoms with Gasteiger partial charge in [0.25, 0.3) is 0 Å². The third kappa shape index (κ3) is 2.00. The van der Waals surface area contributed by atoms with Crippen molar-refractivity contribution in [2.75, 3.05) is 13.7 Å². The van der Waals surface area contributed by atoms with Gasteiger partial charge in [0.1, 0.15) is 12.2 Å². The van der Waals surface area contributed by atoms with Crippen LogP contribution in [0.2, 0.25) is 0 Å². The molecule has 0 aromatic rings. The molecule has 78 valence electrons. The summed E-state index contributed by atoms with van der Waals surface area (Å²) in [4.78, 5) is 0. The molecule has 0 aliphatic carbocycles. The molecule has 13 heavy (non-hydrogen) atoms. The number of aliphatic hydroxyl groups is 3. The molecule has 0 saturated carbocycles. The van der Waals surface area contributed by atoms with Crippen molar-refractivity contribution in [2.24, 2.45) is 5.92 Å². The van der Waals surface area contributed by atoms with E-state index in [9.17, 15) is 10.2 Å². The first-order chi connectivity index (χ1) is 6.11. The molecule has 4 unspecified atom stereocenters. The second kappa shape index (κ2) is 4.34. The summed E-state index contributed by atoms with van der Waals surface area (Å²) in [5.74, 6) is -0.303. The Bertz CT molecular complexity index is 143. The molecular formula is C8H16O5. The van der Waals surface area contributed by atoms with Crippen LogP contribution in [0.4, 0.5) is 0 Å². The largest absolute Gasteiger partial charge is 0.394 e. The Kier molecular flexibility index (Phi) is 3.63. The van der Waals surface area contributed by atoms with Crippen LogP contribution < -0.4 is 0 Å². The number of ether oxygens (including phenoxy) is 2. The van der Waals surface area contributed by atoms with E-state index in [4.69, 9.17) is 14.6 Å². The molecule has 5 nitrogen and oxygen atoms in total. The van der Waals surface area contributed by atoms with Crippen molar-refractivity contribution in [3.05, 3.63) is 0 Å². The Balaban J connectivity index is 2.66. The van der Waals surface area contributed by atoms with Gasteiger partial charge in [-0.3, -0.25) is 0 Å². The quantitative estimate of drug-likeness (QED) is 0.507. The third-order valence-corrected chi connectivity index (χ3v) is 2.42. The van der Waals surface area contributed by atoms with Crippen molar-refractivity contribution < 1.29 is 24.8 Å². The molecule has 1 aliphatic rings. The maximum atomic E-state index is 9.53. The van der Waals surface area contributed by atoms with Crippen molar-refractivity contribution in [1.29, 1.82) is 0 Å². The highest BCUT2D eigenvalue weighted by Crippen LogP contribution is 2.25. The van der Waals surface area contributed by atoms with Crippen LogP contribution in [0, 0.1) is 5.92 Å². The highest BCUT2D eigenvalue weighted by molar-refractivity contribution is 4.86. The van der Waals surface area contributed by atoms with Crippen LogP contribution in [0.5, 0.6) is 0 Å². The second-order valence-corrected chi connectivity index (χ2v) is 3.30. The molecule has 1 rings (SSSR count). The van der Waals surface area contributed by atoms with Crippen molar-refractivity contribution in [3.8, 4) is 0 Å². The van der Waals surface area contributed by atoms with Gasteiger partial charge in [-0.25, -0.2) is 0 Å². The molecule has 3 N–H and O–H groups in total. The van der Waals surface area contributed by atoms with Gasteiger partial charge in [0.15, 0.2) is 6.29 Å². The fourth-order valence-electron chi connectivity index (χ4n) is 1.49. The summed E-state index contributed by atoms with van der Waals surface area (Å²) >= 11 is 0. The Labute approximate surface area is 76.9 Å². The first-order valence-corrected chi connectivity index (χ1v) is 4.27. The Morgan fingerprint density at radius 3 is 2.38 bits per heavy atom. The van der Waals surface area contributed by atoms with Gasteiger partial charge in [-0.1, -0.05) is 6.92 Å². The van der Waals surface area contributed by atoms with E-state index < -0.39 is 24.6 Å². The van der Waals surface area contributed by atoms with E-state index in [-0.39, 0.29) is 12.5 Å². The molecule has 1 saturated heterocycles. The summed E-state index contributed by atoms with van der Waals surface area (Å²) in [5.41, 5.74) is 0. The van der Waals surface area contributed by atoms with Crippen LogP contribution in [-0.4, -0.2) is 53.6 Å². The van der Waals surface area contributed by atoms with Crippen LogP contribution in [0.15, 0.2) is 0 Å². The molecule has 0 aromatic carbocycles.